The molecular weight excluding hydrogens is 266 g/mol. The van der Waals surface area contributed by atoms with Gasteiger partial charge < -0.3 is 4.57 Å². The molecule has 0 radical (unpaired) electrons. The highest BCUT2D eigenvalue weighted by molar-refractivity contribution is 7.99. The van der Waals surface area contributed by atoms with Gasteiger partial charge in [-0.05, 0) is 37.0 Å². The van der Waals surface area contributed by atoms with Gasteiger partial charge in [-0.2, -0.15) is 0 Å². The van der Waals surface area contributed by atoms with Crippen LogP contribution < -0.4 is 0 Å². The lowest BCUT2D eigenvalue weighted by atomic mass is 10.1. The molecule has 104 valence electrons. The number of hydrogen-bond acceptors (Lipinski definition) is 2. The highest BCUT2D eigenvalue weighted by atomic mass is 32.2. The summed E-state index contributed by atoms with van der Waals surface area (Å²) in [4.78, 5) is 13.3. The minimum absolute atomic E-state index is 0.326. The zero-order valence-corrected chi connectivity index (χ0v) is 12.4. The van der Waals surface area contributed by atoms with Crippen LogP contribution in [0.1, 0.15) is 35.2 Å². The first-order valence-electron chi connectivity index (χ1n) is 7.22. The molecule has 1 aromatic carbocycles. The van der Waals surface area contributed by atoms with Crippen LogP contribution in [0.3, 0.4) is 0 Å². The van der Waals surface area contributed by atoms with E-state index in [2.05, 4.69) is 41.2 Å². The molecule has 0 saturated carbocycles. The van der Waals surface area contributed by atoms with Gasteiger partial charge in [-0.25, -0.2) is 0 Å². The van der Waals surface area contributed by atoms with E-state index < -0.39 is 0 Å². The molecule has 0 unspecified atom stereocenters. The fraction of sp³-hybridized carbons (Fsp3) is 0.353. The van der Waals surface area contributed by atoms with Crippen molar-refractivity contribution in [2.75, 3.05) is 5.75 Å². The van der Waals surface area contributed by atoms with Gasteiger partial charge in [-0.15, -0.1) is 11.8 Å². The number of aryl methyl sites for hydroxylation is 2. The summed E-state index contributed by atoms with van der Waals surface area (Å²) in [6.45, 7) is 0.958. The van der Waals surface area contributed by atoms with Crippen LogP contribution in [0.2, 0.25) is 0 Å². The first kappa shape index (κ1) is 13.5. The third-order valence-corrected chi connectivity index (χ3v) is 4.72. The van der Waals surface area contributed by atoms with Gasteiger partial charge >= 0.3 is 0 Å². The van der Waals surface area contributed by atoms with Crippen molar-refractivity contribution in [1.82, 2.24) is 4.57 Å². The number of Topliss-reactive ketones (excluding diaryl/α,β-unsaturated/α-hetero) is 1. The monoisotopic (exact) mass is 285 g/mol. The molecule has 0 fully saturated rings. The predicted molar refractivity (Wildman–Crippen MR) is 83.5 cm³/mol. The van der Waals surface area contributed by atoms with Crippen LogP contribution in [0, 0.1) is 0 Å². The number of carbonyl (C=O) groups excluding carboxylic acids is 1. The summed E-state index contributed by atoms with van der Waals surface area (Å²) in [5.41, 5.74) is 2.21. The number of hydrogen-bond donors (Lipinski definition) is 0. The summed E-state index contributed by atoms with van der Waals surface area (Å²) in [5.74, 6) is 1.36. The lowest BCUT2D eigenvalue weighted by molar-refractivity contribution is 0.0982. The zero-order valence-electron chi connectivity index (χ0n) is 11.5. The fourth-order valence-corrected chi connectivity index (χ4v) is 3.54. The molecular formula is C17H19NOS. The second-order valence-electron chi connectivity index (χ2n) is 5.23. The molecule has 1 aliphatic carbocycles. The number of carbonyl (C=O) groups is 1. The largest absolute Gasteiger partial charge is 0.352 e. The molecule has 0 amide bonds. The Morgan fingerprint density at radius 1 is 1.05 bits per heavy atom. The quantitative estimate of drug-likeness (QED) is 0.620. The maximum Gasteiger partial charge on any atom is 0.164 e. The second kappa shape index (κ2) is 6.31. The molecule has 0 bridgehead atoms. The van der Waals surface area contributed by atoms with Gasteiger partial charge in [0.05, 0.1) is 0 Å². The third-order valence-electron chi connectivity index (χ3n) is 3.72. The van der Waals surface area contributed by atoms with Crippen molar-refractivity contribution >= 4 is 17.5 Å². The van der Waals surface area contributed by atoms with Crippen LogP contribution in [0.15, 0.2) is 47.6 Å². The van der Waals surface area contributed by atoms with E-state index >= 15 is 0 Å². The molecule has 3 heteroatoms. The number of aromatic nitrogens is 1. The van der Waals surface area contributed by atoms with Crippen molar-refractivity contribution < 1.29 is 4.79 Å². The fourth-order valence-electron chi connectivity index (χ4n) is 2.66. The zero-order chi connectivity index (χ0) is 13.8. The molecule has 1 heterocycles. The summed E-state index contributed by atoms with van der Waals surface area (Å²) < 4.78 is 2.18. The van der Waals surface area contributed by atoms with E-state index in [1.54, 1.807) is 0 Å². The Hall–Kier alpha value is -1.48. The molecule has 0 spiro atoms. The van der Waals surface area contributed by atoms with E-state index in [4.69, 9.17) is 0 Å². The summed E-state index contributed by atoms with van der Waals surface area (Å²) in [6, 6.07) is 10.5. The van der Waals surface area contributed by atoms with Crippen LogP contribution in [0.4, 0.5) is 0 Å². The van der Waals surface area contributed by atoms with Gasteiger partial charge in [0.15, 0.2) is 5.78 Å². The molecule has 1 aliphatic rings. The molecule has 0 aliphatic heterocycles. The van der Waals surface area contributed by atoms with Crippen LogP contribution in [0.5, 0.6) is 0 Å². The maximum absolute atomic E-state index is 12.0. The number of rotatable bonds is 4. The van der Waals surface area contributed by atoms with E-state index in [9.17, 15) is 4.79 Å². The molecule has 0 atom stereocenters. The highest BCUT2D eigenvalue weighted by Gasteiger charge is 2.17. The van der Waals surface area contributed by atoms with Gasteiger partial charge in [0.1, 0.15) is 0 Å². The van der Waals surface area contributed by atoms with E-state index in [-0.39, 0.29) is 0 Å². The Morgan fingerprint density at radius 3 is 2.70 bits per heavy atom. The normalized spacial score (nSPS) is 14.9. The number of nitrogens with zero attached hydrogens (tertiary/aromatic N) is 1. The van der Waals surface area contributed by atoms with Gasteiger partial charge in [0.25, 0.3) is 0 Å². The summed E-state index contributed by atoms with van der Waals surface area (Å²) in [5, 5.41) is 0. The van der Waals surface area contributed by atoms with Crippen LogP contribution in [-0.2, 0) is 13.0 Å². The van der Waals surface area contributed by atoms with E-state index in [0.29, 0.717) is 5.78 Å². The molecule has 2 nitrogen and oxygen atoms in total. The van der Waals surface area contributed by atoms with Crippen molar-refractivity contribution in [3.8, 4) is 0 Å². The minimum atomic E-state index is 0.326. The lowest BCUT2D eigenvalue weighted by Gasteiger charge is -2.03. The number of fused-ring (bicyclic) bond motifs is 1. The summed E-state index contributed by atoms with van der Waals surface area (Å²) >= 11 is 1.86. The molecule has 0 saturated heterocycles. The standard InChI is InChI=1S/C17H19NOS/c19-17-9-5-4-6-14-12-18(13-16(14)17)10-11-20-15-7-2-1-3-8-15/h1-3,7-8,12-13H,4-6,9-11H2. The smallest absolute Gasteiger partial charge is 0.164 e. The number of thioether (sulfide) groups is 1. The van der Waals surface area contributed by atoms with E-state index in [0.717, 1.165) is 43.5 Å². The predicted octanol–water partition coefficient (Wildman–Crippen LogP) is 4.19. The maximum atomic E-state index is 12.0. The lowest BCUT2D eigenvalue weighted by Crippen LogP contribution is -1.99. The van der Waals surface area contributed by atoms with Crippen molar-refractivity contribution in [3.05, 3.63) is 53.9 Å². The number of benzene rings is 1. The Kier molecular flexibility index (Phi) is 4.26. The van der Waals surface area contributed by atoms with Crippen molar-refractivity contribution in [2.24, 2.45) is 0 Å². The molecule has 1 aromatic heterocycles. The average molecular weight is 285 g/mol. The van der Waals surface area contributed by atoms with E-state index in [1.807, 2.05) is 17.8 Å². The Morgan fingerprint density at radius 2 is 1.85 bits per heavy atom. The summed E-state index contributed by atoms with van der Waals surface area (Å²) in [6.07, 6.45) is 8.17. The Bertz CT molecular complexity index is 588. The molecule has 3 rings (SSSR count). The van der Waals surface area contributed by atoms with Crippen LogP contribution in [0.25, 0.3) is 0 Å². The van der Waals surface area contributed by atoms with Crippen molar-refractivity contribution in [1.29, 1.82) is 0 Å². The highest BCUT2D eigenvalue weighted by Crippen LogP contribution is 2.22. The first-order chi connectivity index (χ1) is 9.83. The van der Waals surface area contributed by atoms with Gasteiger partial charge in [-0.1, -0.05) is 18.2 Å². The van der Waals surface area contributed by atoms with Crippen LogP contribution >= 0.6 is 11.8 Å². The third kappa shape index (κ3) is 3.15. The SMILES string of the molecule is O=C1CCCCc2cn(CCSc3ccccc3)cc21. The molecule has 20 heavy (non-hydrogen) atoms. The first-order valence-corrected chi connectivity index (χ1v) is 8.21. The molecule has 0 N–H and O–H groups in total. The van der Waals surface area contributed by atoms with Gasteiger partial charge in [-0.3, -0.25) is 4.79 Å². The van der Waals surface area contributed by atoms with E-state index in [1.165, 1.54) is 10.5 Å². The Balaban J connectivity index is 1.61. The molecule has 2 aromatic rings. The van der Waals surface area contributed by atoms with Gasteiger partial charge in [0.2, 0.25) is 0 Å². The second-order valence-corrected chi connectivity index (χ2v) is 6.40. The van der Waals surface area contributed by atoms with Crippen molar-refractivity contribution in [2.45, 2.75) is 37.1 Å². The van der Waals surface area contributed by atoms with Crippen LogP contribution in [-0.4, -0.2) is 16.1 Å². The number of ketones is 1. The van der Waals surface area contributed by atoms with Gasteiger partial charge in [0, 0.05) is 41.6 Å². The average Bonchev–Trinajstić information content (AvgIpc) is 2.80. The topological polar surface area (TPSA) is 22.0 Å². The minimum Gasteiger partial charge on any atom is -0.352 e. The van der Waals surface area contributed by atoms with Crippen molar-refractivity contribution in [3.63, 3.8) is 0 Å². The summed E-state index contributed by atoms with van der Waals surface area (Å²) in [7, 11) is 0. The Labute approximate surface area is 124 Å².